The summed E-state index contributed by atoms with van der Waals surface area (Å²) < 4.78 is 5.15. The van der Waals surface area contributed by atoms with Crippen LogP contribution in [0, 0.1) is 20.8 Å². The normalized spacial score (nSPS) is 10.4. The Morgan fingerprint density at radius 2 is 1.65 bits per heavy atom. The lowest BCUT2D eigenvalue weighted by Crippen LogP contribution is -2.25. The molecule has 0 aliphatic rings. The van der Waals surface area contributed by atoms with Crippen LogP contribution in [0.4, 0.5) is 0 Å². The molecule has 23 heavy (non-hydrogen) atoms. The summed E-state index contributed by atoms with van der Waals surface area (Å²) in [5.41, 5.74) is 5.43. The molecule has 0 fully saturated rings. The van der Waals surface area contributed by atoms with Crippen molar-refractivity contribution in [1.29, 1.82) is 0 Å². The molecule has 0 saturated heterocycles. The Kier molecular flexibility index (Phi) is 5.80. The first-order valence-electron chi connectivity index (χ1n) is 8.00. The predicted molar refractivity (Wildman–Crippen MR) is 94.3 cm³/mol. The molecule has 0 heterocycles. The number of carbonyl (C=O) groups excluding carboxylic acids is 1. The minimum Gasteiger partial charge on any atom is -0.497 e. The van der Waals surface area contributed by atoms with E-state index in [9.17, 15) is 4.79 Å². The Labute approximate surface area is 138 Å². The number of hydrogen-bond donors (Lipinski definition) is 1. The Morgan fingerprint density at radius 1 is 1.00 bits per heavy atom. The van der Waals surface area contributed by atoms with Crippen LogP contribution >= 0.6 is 0 Å². The fraction of sp³-hybridized carbons (Fsp3) is 0.350. The van der Waals surface area contributed by atoms with E-state index in [0.717, 1.165) is 35.3 Å². The summed E-state index contributed by atoms with van der Waals surface area (Å²) in [6.45, 7) is 6.77. The van der Waals surface area contributed by atoms with E-state index in [0.29, 0.717) is 6.54 Å². The van der Waals surface area contributed by atoms with E-state index < -0.39 is 0 Å². The SMILES string of the molecule is COc1ccc(CCCNC(=O)c2cc(C)c(C)cc2C)cc1. The first-order valence-corrected chi connectivity index (χ1v) is 8.00. The fourth-order valence-corrected chi connectivity index (χ4v) is 2.59. The molecule has 0 saturated carbocycles. The molecule has 0 spiro atoms. The Hall–Kier alpha value is -2.29. The van der Waals surface area contributed by atoms with E-state index in [4.69, 9.17) is 4.74 Å². The molecule has 2 aromatic carbocycles. The molecule has 0 bridgehead atoms. The first-order chi connectivity index (χ1) is 11.0. The molecule has 2 aromatic rings. The van der Waals surface area contributed by atoms with Gasteiger partial charge >= 0.3 is 0 Å². The Morgan fingerprint density at radius 3 is 2.30 bits per heavy atom. The van der Waals surface area contributed by atoms with Gasteiger partial charge in [-0.1, -0.05) is 18.2 Å². The van der Waals surface area contributed by atoms with Crippen LogP contribution in [0.25, 0.3) is 0 Å². The number of rotatable bonds is 6. The van der Waals surface area contributed by atoms with E-state index >= 15 is 0 Å². The highest BCUT2D eigenvalue weighted by molar-refractivity contribution is 5.95. The van der Waals surface area contributed by atoms with Gasteiger partial charge < -0.3 is 10.1 Å². The fourth-order valence-electron chi connectivity index (χ4n) is 2.59. The Bertz CT molecular complexity index is 675. The van der Waals surface area contributed by atoms with E-state index in [2.05, 4.69) is 30.4 Å². The molecule has 0 aliphatic carbocycles. The van der Waals surface area contributed by atoms with Crippen molar-refractivity contribution in [3.8, 4) is 5.75 Å². The van der Waals surface area contributed by atoms with Crippen molar-refractivity contribution in [2.45, 2.75) is 33.6 Å². The van der Waals surface area contributed by atoms with Gasteiger partial charge in [0.15, 0.2) is 0 Å². The number of benzene rings is 2. The monoisotopic (exact) mass is 311 g/mol. The van der Waals surface area contributed by atoms with Gasteiger partial charge in [-0.05, 0) is 74.1 Å². The van der Waals surface area contributed by atoms with Crippen molar-refractivity contribution in [1.82, 2.24) is 5.32 Å². The number of aryl methyl sites for hydroxylation is 4. The highest BCUT2D eigenvalue weighted by atomic mass is 16.5. The molecule has 0 aliphatic heterocycles. The van der Waals surface area contributed by atoms with Crippen molar-refractivity contribution in [2.75, 3.05) is 13.7 Å². The van der Waals surface area contributed by atoms with Crippen LogP contribution < -0.4 is 10.1 Å². The summed E-state index contributed by atoms with van der Waals surface area (Å²) in [5.74, 6) is 0.882. The number of methoxy groups -OCH3 is 1. The summed E-state index contributed by atoms with van der Waals surface area (Å²) in [6, 6.07) is 12.1. The lowest BCUT2D eigenvalue weighted by molar-refractivity contribution is 0.0952. The number of hydrogen-bond acceptors (Lipinski definition) is 2. The number of ether oxygens (including phenoxy) is 1. The average molecular weight is 311 g/mol. The second-order valence-electron chi connectivity index (χ2n) is 5.96. The van der Waals surface area contributed by atoms with Crippen molar-refractivity contribution >= 4 is 5.91 Å². The van der Waals surface area contributed by atoms with Crippen LogP contribution in [0.15, 0.2) is 36.4 Å². The number of nitrogens with one attached hydrogen (secondary N) is 1. The average Bonchev–Trinajstić information content (AvgIpc) is 2.55. The van der Waals surface area contributed by atoms with Gasteiger partial charge in [0, 0.05) is 12.1 Å². The quantitative estimate of drug-likeness (QED) is 0.819. The van der Waals surface area contributed by atoms with E-state index in [1.54, 1.807) is 7.11 Å². The van der Waals surface area contributed by atoms with Gasteiger partial charge in [0.2, 0.25) is 0 Å². The second-order valence-corrected chi connectivity index (χ2v) is 5.96. The summed E-state index contributed by atoms with van der Waals surface area (Å²) in [6.07, 6.45) is 1.86. The molecule has 0 radical (unpaired) electrons. The number of carbonyl (C=O) groups is 1. The van der Waals surface area contributed by atoms with Gasteiger partial charge in [-0.2, -0.15) is 0 Å². The lowest BCUT2D eigenvalue weighted by atomic mass is 10.0. The largest absolute Gasteiger partial charge is 0.497 e. The van der Waals surface area contributed by atoms with Crippen LogP contribution in [0.2, 0.25) is 0 Å². The molecule has 0 unspecified atom stereocenters. The minimum atomic E-state index is 0.0142. The van der Waals surface area contributed by atoms with Gasteiger partial charge in [0.1, 0.15) is 5.75 Å². The van der Waals surface area contributed by atoms with Gasteiger partial charge in [0.05, 0.1) is 7.11 Å². The maximum atomic E-state index is 12.3. The summed E-state index contributed by atoms with van der Waals surface area (Å²) >= 11 is 0. The van der Waals surface area contributed by atoms with Crippen molar-refractivity contribution in [3.05, 3.63) is 64.2 Å². The van der Waals surface area contributed by atoms with Crippen LogP contribution in [-0.2, 0) is 6.42 Å². The minimum absolute atomic E-state index is 0.0142. The summed E-state index contributed by atoms with van der Waals surface area (Å²) in [7, 11) is 1.67. The molecule has 0 atom stereocenters. The third-order valence-electron chi connectivity index (χ3n) is 4.17. The van der Waals surface area contributed by atoms with Gasteiger partial charge in [-0.3, -0.25) is 4.79 Å². The smallest absolute Gasteiger partial charge is 0.251 e. The topological polar surface area (TPSA) is 38.3 Å². The molecule has 1 N–H and O–H groups in total. The molecule has 3 nitrogen and oxygen atoms in total. The van der Waals surface area contributed by atoms with Crippen molar-refractivity contribution in [2.24, 2.45) is 0 Å². The molecular formula is C20H25NO2. The maximum absolute atomic E-state index is 12.3. The standard InChI is InChI=1S/C20H25NO2/c1-14-12-16(3)19(13-15(14)2)20(22)21-11-5-6-17-7-9-18(23-4)10-8-17/h7-10,12-13H,5-6,11H2,1-4H3,(H,21,22). The zero-order valence-electron chi connectivity index (χ0n) is 14.4. The highest BCUT2D eigenvalue weighted by Gasteiger charge is 2.10. The van der Waals surface area contributed by atoms with E-state index in [1.807, 2.05) is 32.0 Å². The molecule has 122 valence electrons. The van der Waals surface area contributed by atoms with E-state index in [1.165, 1.54) is 11.1 Å². The lowest BCUT2D eigenvalue weighted by Gasteiger charge is -2.10. The third-order valence-corrected chi connectivity index (χ3v) is 4.17. The highest BCUT2D eigenvalue weighted by Crippen LogP contribution is 2.15. The van der Waals surface area contributed by atoms with Gasteiger partial charge in [-0.15, -0.1) is 0 Å². The summed E-state index contributed by atoms with van der Waals surface area (Å²) in [4.78, 5) is 12.3. The zero-order valence-corrected chi connectivity index (χ0v) is 14.4. The molecule has 3 heteroatoms. The molecule has 1 amide bonds. The molecule has 0 aromatic heterocycles. The Balaban J connectivity index is 1.84. The molecule has 2 rings (SSSR count). The van der Waals surface area contributed by atoms with E-state index in [-0.39, 0.29) is 5.91 Å². The molecular weight excluding hydrogens is 286 g/mol. The van der Waals surface area contributed by atoms with Crippen LogP contribution in [0.1, 0.15) is 39.0 Å². The third kappa shape index (κ3) is 4.59. The van der Waals surface area contributed by atoms with Crippen molar-refractivity contribution in [3.63, 3.8) is 0 Å². The maximum Gasteiger partial charge on any atom is 0.251 e. The summed E-state index contributed by atoms with van der Waals surface area (Å²) in [5, 5.41) is 3.02. The first kappa shape index (κ1) is 17.1. The zero-order chi connectivity index (χ0) is 16.8. The van der Waals surface area contributed by atoms with Gasteiger partial charge in [-0.25, -0.2) is 0 Å². The van der Waals surface area contributed by atoms with Crippen molar-refractivity contribution < 1.29 is 9.53 Å². The van der Waals surface area contributed by atoms with Crippen LogP contribution in [0.3, 0.4) is 0 Å². The number of amides is 1. The van der Waals surface area contributed by atoms with Gasteiger partial charge in [0.25, 0.3) is 5.91 Å². The van der Waals surface area contributed by atoms with Crippen LogP contribution in [0.5, 0.6) is 5.75 Å². The van der Waals surface area contributed by atoms with Crippen LogP contribution in [-0.4, -0.2) is 19.6 Å². The second kappa shape index (κ2) is 7.82. The predicted octanol–water partition coefficient (Wildman–Crippen LogP) is 3.98.